The monoisotopic (exact) mass is 321 g/mol. The summed E-state index contributed by atoms with van der Waals surface area (Å²) >= 11 is 3.39. The first kappa shape index (κ1) is 14.2. The van der Waals surface area contributed by atoms with Crippen molar-refractivity contribution in [2.75, 3.05) is 6.54 Å². The molecule has 2 rings (SSSR count). The van der Waals surface area contributed by atoms with Crippen LogP contribution in [0.1, 0.15) is 24.1 Å². The minimum absolute atomic E-state index is 0.134. The van der Waals surface area contributed by atoms with Crippen LogP contribution in [-0.4, -0.2) is 6.54 Å². The summed E-state index contributed by atoms with van der Waals surface area (Å²) in [6, 6.07) is 15.4. The number of halogens is 2. The molecule has 0 saturated carbocycles. The molecule has 3 heteroatoms. The predicted octanol–water partition coefficient (Wildman–Crippen LogP) is 4.48. The van der Waals surface area contributed by atoms with Crippen LogP contribution in [-0.2, 0) is 6.42 Å². The van der Waals surface area contributed by atoms with Crippen LogP contribution in [0.15, 0.2) is 53.0 Å². The van der Waals surface area contributed by atoms with Crippen LogP contribution in [0.3, 0.4) is 0 Å². The second-order valence-corrected chi connectivity index (χ2v) is 5.38. The summed E-state index contributed by atoms with van der Waals surface area (Å²) in [5.74, 6) is -0.151. The van der Waals surface area contributed by atoms with E-state index in [-0.39, 0.29) is 11.9 Å². The zero-order chi connectivity index (χ0) is 13.7. The van der Waals surface area contributed by atoms with Crippen LogP contribution in [0.4, 0.5) is 4.39 Å². The molecule has 0 spiro atoms. The minimum atomic E-state index is -0.151. The molecule has 0 saturated heterocycles. The van der Waals surface area contributed by atoms with Crippen molar-refractivity contribution < 1.29 is 4.39 Å². The van der Waals surface area contributed by atoms with E-state index in [9.17, 15) is 4.39 Å². The van der Waals surface area contributed by atoms with Crippen LogP contribution >= 0.6 is 15.9 Å². The maximum atomic E-state index is 13.8. The Morgan fingerprint density at radius 2 is 1.89 bits per heavy atom. The summed E-state index contributed by atoms with van der Waals surface area (Å²) in [6.45, 7) is 2.92. The van der Waals surface area contributed by atoms with E-state index < -0.39 is 0 Å². The lowest BCUT2D eigenvalue weighted by molar-refractivity contribution is 0.528. The maximum Gasteiger partial charge on any atom is 0.126 e. The molecule has 0 heterocycles. The van der Waals surface area contributed by atoms with Gasteiger partial charge in [-0.25, -0.2) is 4.39 Å². The highest BCUT2D eigenvalue weighted by atomic mass is 79.9. The molecule has 0 aliphatic carbocycles. The number of rotatable bonds is 5. The van der Waals surface area contributed by atoms with E-state index in [1.165, 1.54) is 11.6 Å². The van der Waals surface area contributed by atoms with Crippen LogP contribution in [0.2, 0.25) is 0 Å². The van der Waals surface area contributed by atoms with Crippen LogP contribution in [0.25, 0.3) is 0 Å². The van der Waals surface area contributed by atoms with Crippen molar-refractivity contribution in [3.8, 4) is 0 Å². The number of hydrogen-bond acceptors (Lipinski definition) is 1. The Labute approximate surface area is 122 Å². The fourth-order valence-corrected chi connectivity index (χ4v) is 2.57. The fourth-order valence-electron chi connectivity index (χ4n) is 2.16. The Bertz CT molecular complexity index is 528. The van der Waals surface area contributed by atoms with Crippen molar-refractivity contribution in [2.24, 2.45) is 0 Å². The molecule has 1 atom stereocenters. The van der Waals surface area contributed by atoms with Gasteiger partial charge in [-0.05, 0) is 42.3 Å². The zero-order valence-corrected chi connectivity index (χ0v) is 12.5. The number of likely N-dealkylation sites (N-methyl/N-ethyl adjacent to an activating group) is 1. The standard InChI is InChI=1S/C16H17BrFN/c1-2-19-16(12-6-4-3-5-7-12)11-13-10-14(17)8-9-15(13)18/h3-10,16,19H,2,11H2,1H3. The van der Waals surface area contributed by atoms with E-state index in [4.69, 9.17) is 0 Å². The van der Waals surface area contributed by atoms with Crippen LogP contribution < -0.4 is 5.32 Å². The molecule has 0 aliphatic heterocycles. The molecule has 0 radical (unpaired) electrons. The van der Waals surface area contributed by atoms with E-state index in [0.29, 0.717) is 6.42 Å². The van der Waals surface area contributed by atoms with Gasteiger partial charge in [0, 0.05) is 10.5 Å². The first-order valence-electron chi connectivity index (χ1n) is 6.43. The molecule has 100 valence electrons. The van der Waals surface area contributed by atoms with Crippen LogP contribution in [0.5, 0.6) is 0 Å². The van der Waals surface area contributed by atoms with Gasteiger partial charge in [0.2, 0.25) is 0 Å². The topological polar surface area (TPSA) is 12.0 Å². The molecule has 0 bridgehead atoms. The van der Waals surface area contributed by atoms with Gasteiger partial charge < -0.3 is 5.32 Å². The van der Waals surface area contributed by atoms with E-state index in [1.807, 2.05) is 24.3 Å². The van der Waals surface area contributed by atoms with Gasteiger partial charge in [-0.15, -0.1) is 0 Å². The second-order valence-electron chi connectivity index (χ2n) is 4.46. The lowest BCUT2D eigenvalue weighted by Crippen LogP contribution is -2.23. The van der Waals surface area contributed by atoms with Crippen molar-refractivity contribution in [2.45, 2.75) is 19.4 Å². The third kappa shape index (κ3) is 3.88. The summed E-state index contributed by atoms with van der Waals surface area (Å²) in [4.78, 5) is 0. The summed E-state index contributed by atoms with van der Waals surface area (Å²) in [5, 5.41) is 3.41. The normalized spacial score (nSPS) is 12.4. The van der Waals surface area contributed by atoms with Gasteiger partial charge in [-0.2, -0.15) is 0 Å². The van der Waals surface area contributed by atoms with E-state index in [0.717, 1.165) is 16.6 Å². The van der Waals surface area contributed by atoms with Gasteiger partial charge >= 0.3 is 0 Å². The lowest BCUT2D eigenvalue weighted by atomic mass is 9.98. The predicted molar refractivity (Wildman–Crippen MR) is 80.7 cm³/mol. The quantitative estimate of drug-likeness (QED) is 0.856. The van der Waals surface area contributed by atoms with Gasteiger partial charge in [0.25, 0.3) is 0 Å². The second kappa shape index (κ2) is 6.83. The molecule has 2 aromatic rings. The minimum Gasteiger partial charge on any atom is -0.310 e. The molecule has 0 amide bonds. The van der Waals surface area contributed by atoms with Gasteiger partial charge in [0.05, 0.1) is 0 Å². The third-order valence-electron chi connectivity index (χ3n) is 3.08. The van der Waals surface area contributed by atoms with Gasteiger partial charge in [0.15, 0.2) is 0 Å². The Morgan fingerprint density at radius 1 is 1.16 bits per heavy atom. The molecule has 0 fully saturated rings. The highest BCUT2D eigenvalue weighted by Crippen LogP contribution is 2.22. The zero-order valence-electron chi connectivity index (χ0n) is 10.9. The molecular weight excluding hydrogens is 305 g/mol. The van der Waals surface area contributed by atoms with Crippen LogP contribution in [0, 0.1) is 5.82 Å². The van der Waals surface area contributed by atoms with Crippen molar-refractivity contribution in [1.29, 1.82) is 0 Å². The molecular formula is C16H17BrFN. The van der Waals surface area contributed by atoms with E-state index in [2.05, 4.69) is 40.3 Å². The Morgan fingerprint density at radius 3 is 2.58 bits per heavy atom. The molecule has 0 aliphatic rings. The van der Waals surface area contributed by atoms with Crippen molar-refractivity contribution in [1.82, 2.24) is 5.32 Å². The van der Waals surface area contributed by atoms with E-state index >= 15 is 0 Å². The number of nitrogens with one attached hydrogen (secondary N) is 1. The van der Waals surface area contributed by atoms with Crippen molar-refractivity contribution >= 4 is 15.9 Å². The Kier molecular flexibility index (Phi) is 5.11. The largest absolute Gasteiger partial charge is 0.310 e. The van der Waals surface area contributed by atoms with Crippen molar-refractivity contribution in [3.63, 3.8) is 0 Å². The molecule has 1 N–H and O–H groups in total. The average molecular weight is 322 g/mol. The Balaban J connectivity index is 2.24. The summed E-state index contributed by atoms with van der Waals surface area (Å²) in [5.41, 5.74) is 1.91. The fraction of sp³-hybridized carbons (Fsp3) is 0.250. The SMILES string of the molecule is CCNC(Cc1cc(Br)ccc1F)c1ccccc1. The maximum absolute atomic E-state index is 13.8. The van der Waals surface area contributed by atoms with Gasteiger partial charge in [-0.3, -0.25) is 0 Å². The molecule has 19 heavy (non-hydrogen) atoms. The first-order valence-corrected chi connectivity index (χ1v) is 7.22. The molecule has 0 aromatic heterocycles. The average Bonchev–Trinajstić information content (AvgIpc) is 2.43. The van der Waals surface area contributed by atoms with Gasteiger partial charge in [-0.1, -0.05) is 53.2 Å². The Hall–Kier alpha value is -1.19. The first-order chi connectivity index (χ1) is 9.20. The highest BCUT2D eigenvalue weighted by Gasteiger charge is 2.13. The third-order valence-corrected chi connectivity index (χ3v) is 3.58. The molecule has 1 unspecified atom stereocenters. The van der Waals surface area contributed by atoms with Gasteiger partial charge in [0.1, 0.15) is 5.82 Å². The smallest absolute Gasteiger partial charge is 0.126 e. The number of hydrogen-bond donors (Lipinski definition) is 1. The highest BCUT2D eigenvalue weighted by molar-refractivity contribution is 9.10. The summed E-state index contributed by atoms with van der Waals surface area (Å²) in [7, 11) is 0. The van der Waals surface area contributed by atoms with E-state index in [1.54, 1.807) is 6.07 Å². The lowest BCUT2D eigenvalue weighted by Gasteiger charge is -2.19. The number of benzene rings is 2. The molecule has 1 nitrogen and oxygen atoms in total. The van der Waals surface area contributed by atoms with Crippen molar-refractivity contribution in [3.05, 3.63) is 69.9 Å². The molecule has 2 aromatic carbocycles. The summed E-state index contributed by atoms with van der Waals surface area (Å²) in [6.07, 6.45) is 0.642. The summed E-state index contributed by atoms with van der Waals surface area (Å²) < 4.78 is 14.7.